The molecule has 1 heterocycles. The molecular formula is C21H31BN6O2+2. The maximum atomic E-state index is 12.6. The molecule has 0 spiro atoms. The van der Waals surface area contributed by atoms with Crippen molar-refractivity contribution in [3.8, 4) is 0 Å². The molecule has 4 aliphatic carbocycles. The first-order chi connectivity index (χ1) is 14.4. The highest BCUT2D eigenvalue weighted by atomic mass is 16.2. The van der Waals surface area contributed by atoms with Gasteiger partial charge in [0.25, 0.3) is 5.91 Å². The van der Waals surface area contributed by atoms with Crippen LogP contribution in [0.2, 0.25) is 0 Å². The van der Waals surface area contributed by atoms with Crippen LogP contribution in [0.5, 0.6) is 0 Å². The lowest BCUT2D eigenvalue weighted by Gasteiger charge is -2.35. The van der Waals surface area contributed by atoms with E-state index >= 15 is 0 Å². The van der Waals surface area contributed by atoms with Crippen molar-refractivity contribution >= 4 is 32.1 Å². The first-order valence-corrected chi connectivity index (χ1v) is 10.8. The highest BCUT2D eigenvalue weighted by Gasteiger charge is 2.58. The monoisotopic (exact) mass is 410 g/mol. The number of amides is 2. The van der Waals surface area contributed by atoms with Gasteiger partial charge in [0.1, 0.15) is 13.5 Å². The molecule has 5 rings (SSSR count). The largest absolute Gasteiger partial charge is 0.375 e. The van der Waals surface area contributed by atoms with Crippen molar-refractivity contribution in [1.82, 2.24) is 15.6 Å². The van der Waals surface area contributed by atoms with Crippen LogP contribution in [-0.4, -0.2) is 69.3 Å². The number of quaternary nitrogens is 1. The van der Waals surface area contributed by atoms with Gasteiger partial charge in [0.05, 0.1) is 12.8 Å². The van der Waals surface area contributed by atoms with E-state index in [9.17, 15) is 9.59 Å². The smallest absolute Gasteiger partial charge is 0.330 e. The molecule has 4 saturated carbocycles. The molecule has 0 aromatic rings. The van der Waals surface area contributed by atoms with Gasteiger partial charge in [-0.3, -0.25) is 20.5 Å². The minimum absolute atomic E-state index is 0.0281. The Morgan fingerprint density at radius 3 is 2.73 bits per heavy atom. The highest BCUT2D eigenvalue weighted by Crippen LogP contribution is 2.60. The lowest BCUT2D eigenvalue weighted by Crippen LogP contribution is -2.90. The van der Waals surface area contributed by atoms with Crippen molar-refractivity contribution in [1.29, 1.82) is 0 Å². The van der Waals surface area contributed by atoms with Crippen LogP contribution in [0.1, 0.15) is 32.1 Å². The summed E-state index contributed by atoms with van der Waals surface area (Å²) < 4.78 is 0. The van der Waals surface area contributed by atoms with Crippen molar-refractivity contribution in [2.24, 2.45) is 22.9 Å². The van der Waals surface area contributed by atoms with Gasteiger partial charge in [0.2, 0.25) is 0 Å². The average molecular weight is 410 g/mol. The molecule has 30 heavy (non-hydrogen) atoms. The zero-order valence-corrected chi connectivity index (χ0v) is 17.6. The molecule has 158 valence electrons. The number of primary amides is 1. The standard InChI is InChI=1S/C21H29BN6O2/c1-28-3-2-13(11-26-28)10-24-18(29)12-25-20(30)19(22)17(9-23)27-21-7-14-4-15(8-21)6-16(21)5-14/h2,9,11,14-16,23,27H,3-8,10,12H2,1H3,(H,24,29)(H,25,30)/p+2. The summed E-state index contributed by atoms with van der Waals surface area (Å²) in [5.41, 5.74) is 1.55. The molecule has 5 aliphatic rings. The number of hydrogen-bond acceptors (Lipinski definition) is 5. The number of allylic oxidation sites excluding steroid dienone is 1. The molecule has 4 fully saturated rings. The second kappa shape index (κ2) is 8.37. The minimum atomic E-state index is -0.372. The highest BCUT2D eigenvalue weighted by molar-refractivity contribution is 6.36. The van der Waals surface area contributed by atoms with E-state index in [1.54, 1.807) is 11.2 Å². The summed E-state index contributed by atoms with van der Waals surface area (Å²) >= 11 is 0. The lowest BCUT2D eigenvalue weighted by atomic mass is 9.80. The van der Waals surface area contributed by atoms with E-state index in [1.165, 1.54) is 30.8 Å². The first-order valence-electron chi connectivity index (χ1n) is 10.8. The summed E-state index contributed by atoms with van der Waals surface area (Å²) in [6, 6.07) is 0. The van der Waals surface area contributed by atoms with E-state index < -0.39 is 0 Å². The number of rotatable bonds is 8. The Kier molecular flexibility index (Phi) is 5.82. The minimum Gasteiger partial charge on any atom is -0.375 e. The van der Waals surface area contributed by atoms with Crippen molar-refractivity contribution in [2.75, 3.05) is 26.7 Å². The summed E-state index contributed by atoms with van der Waals surface area (Å²) in [6.07, 6.45) is 11.2. The van der Waals surface area contributed by atoms with Crippen molar-refractivity contribution < 1.29 is 20.3 Å². The summed E-state index contributed by atoms with van der Waals surface area (Å²) in [5.74, 6) is 1.60. The van der Waals surface area contributed by atoms with Crippen LogP contribution < -0.4 is 21.4 Å². The van der Waals surface area contributed by atoms with Crippen molar-refractivity contribution in [3.63, 3.8) is 0 Å². The Hall–Kier alpha value is -2.42. The van der Waals surface area contributed by atoms with Crippen LogP contribution in [0.25, 0.3) is 0 Å². The fraction of sp³-hybridized carbons (Fsp3) is 0.619. The Morgan fingerprint density at radius 2 is 2.10 bits per heavy atom. The van der Waals surface area contributed by atoms with Gasteiger partial charge in [-0.05, 0) is 55.4 Å². The van der Waals surface area contributed by atoms with Gasteiger partial charge in [0.15, 0.2) is 12.8 Å². The number of carbonyl (C=O) groups is 2. The molecule has 2 atom stereocenters. The molecule has 0 aromatic heterocycles. The zero-order valence-electron chi connectivity index (χ0n) is 17.6. The first kappa shape index (κ1) is 20.8. The topological polar surface area (TPSA) is 116 Å². The third kappa shape index (κ3) is 4.21. The van der Waals surface area contributed by atoms with E-state index in [2.05, 4.69) is 15.7 Å². The summed E-state index contributed by atoms with van der Waals surface area (Å²) in [7, 11) is 8.01. The van der Waals surface area contributed by atoms with Gasteiger partial charge >= 0.3 is 5.91 Å². The SMILES string of the molecule is [B]C(C(=O)[NH2+]CC(=O)NCC1=CCN(C)N=C1)=C(C=[NH2+])NC12CC3CC(CC1C3)C2. The number of carbonyl (C=O) groups excluding carboxylic acids is 2. The maximum Gasteiger partial charge on any atom is 0.330 e. The Labute approximate surface area is 178 Å². The molecule has 2 unspecified atom stereocenters. The third-order valence-electron chi connectivity index (χ3n) is 7.10. The molecule has 9 heteroatoms. The fourth-order valence-corrected chi connectivity index (χ4v) is 5.81. The molecule has 8 nitrogen and oxygen atoms in total. The molecule has 0 saturated heterocycles. The third-order valence-corrected chi connectivity index (χ3v) is 7.10. The number of hydrazone groups is 1. The van der Waals surface area contributed by atoms with Gasteiger partial charge in [-0.2, -0.15) is 5.10 Å². The molecule has 1 aliphatic heterocycles. The molecular weight excluding hydrogens is 379 g/mol. The second-order valence-corrected chi connectivity index (χ2v) is 9.23. The summed E-state index contributed by atoms with van der Waals surface area (Å²) in [6.45, 7) is 1.07. The van der Waals surface area contributed by atoms with E-state index in [1.807, 2.05) is 13.1 Å². The second-order valence-electron chi connectivity index (χ2n) is 9.23. The molecule has 0 aromatic carbocycles. The number of hydrogen-bond donors (Lipinski definition) is 4. The number of likely N-dealkylation sites (N-methyl/N-ethyl adjacent to an activating group) is 1. The lowest BCUT2D eigenvalue weighted by molar-refractivity contribution is -0.553. The number of nitrogens with zero attached hydrogens (tertiary/aromatic N) is 2. The quantitative estimate of drug-likeness (QED) is 0.200. The van der Waals surface area contributed by atoms with Crippen LogP contribution >= 0.6 is 0 Å². The Morgan fingerprint density at radius 1 is 1.37 bits per heavy atom. The molecule has 2 radical (unpaired) electrons. The van der Waals surface area contributed by atoms with Crippen molar-refractivity contribution in [3.05, 3.63) is 22.8 Å². The maximum absolute atomic E-state index is 12.6. The van der Waals surface area contributed by atoms with Gasteiger partial charge in [-0.15, -0.1) is 0 Å². The molecule has 6 N–H and O–H groups in total. The van der Waals surface area contributed by atoms with Gasteiger partial charge in [0, 0.05) is 24.6 Å². The van der Waals surface area contributed by atoms with Gasteiger partial charge < -0.3 is 10.6 Å². The predicted octanol–water partition coefficient (Wildman–Crippen LogP) is -2.57. The molecule has 4 bridgehead atoms. The van der Waals surface area contributed by atoms with Gasteiger partial charge in [-0.1, -0.05) is 6.08 Å². The van der Waals surface area contributed by atoms with Crippen LogP contribution in [-0.2, 0) is 9.59 Å². The number of nitrogens with two attached hydrogens (primary N) is 2. The van der Waals surface area contributed by atoms with Gasteiger partial charge in [-0.25, -0.2) is 4.79 Å². The van der Waals surface area contributed by atoms with E-state index in [0.717, 1.165) is 30.3 Å². The van der Waals surface area contributed by atoms with Crippen LogP contribution in [0.4, 0.5) is 0 Å². The Balaban J connectivity index is 1.29. The predicted molar refractivity (Wildman–Crippen MR) is 114 cm³/mol. The summed E-state index contributed by atoms with van der Waals surface area (Å²) in [5, 5.41) is 19.5. The van der Waals surface area contributed by atoms with Crippen molar-refractivity contribution in [2.45, 2.75) is 37.6 Å². The van der Waals surface area contributed by atoms with E-state index in [-0.39, 0.29) is 29.4 Å². The average Bonchev–Trinajstić information content (AvgIpc) is 3.12. The zero-order chi connectivity index (χ0) is 21.3. The van der Waals surface area contributed by atoms with Crippen LogP contribution in [0.3, 0.4) is 0 Å². The normalized spacial score (nSPS) is 32.0. The summed E-state index contributed by atoms with van der Waals surface area (Å²) in [4.78, 5) is 24.7. The number of nitrogens with one attached hydrogen (secondary N) is 2. The van der Waals surface area contributed by atoms with Crippen LogP contribution in [0, 0.1) is 17.8 Å². The van der Waals surface area contributed by atoms with E-state index in [4.69, 9.17) is 13.3 Å². The molecule has 2 amide bonds. The van der Waals surface area contributed by atoms with Crippen LogP contribution in [0.15, 0.2) is 27.9 Å². The van der Waals surface area contributed by atoms with E-state index in [0.29, 0.717) is 24.7 Å². The Bertz CT molecular complexity index is 821. The fourth-order valence-electron chi connectivity index (χ4n) is 5.81.